The number of nitrogens with two attached hydrogens (primary N) is 2. The van der Waals surface area contributed by atoms with Crippen LogP contribution in [-0.2, 0) is 109 Å². The molecule has 57 heteroatoms. The summed E-state index contributed by atoms with van der Waals surface area (Å²) >= 11 is 0. The van der Waals surface area contributed by atoms with Gasteiger partial charge in [0.05, 0.1) is 127 Å². The molecule has 0 spiro atoms. The summed E-state index contributed by atoms with van der Waals surface area (Å²) in [7, 11) is 0. The van der Waals surface area contributed by atoms with Gasteiger partial charge in [0.25, 0.3) is 11.6 Å². The average molecular weight is 1970 g/mol. The molecule has 0 radical (unpaired) electrons. The molecule has 11 aliphatic rings. The quantitative estimate of drug-likeness (QED) is 0.0275. The molecular formula is C77H132N2O55. The number of carboxylic acid groups (broad SMARTS) is 2. The Morgan fingerprint density at radius 3 is 0.940 bits per heavy atom. The lowest BCUT2D eigenvalue weighted by molar-refractivity contribution is -0.402. The minimum atomic E-state index is -2.97. The molecule has 11 saturated heterocycles. The predicted octanol–water partition coefficient (Wildman–Crippen LogP) is -20.5. The molecule has 11 fully saturated rings. The van der Waals surface area contributed by atoms with Crippen LogP contribution in [0, 0.1) is 23.7 Å². The number of ether oxygens (including phenoxy) is 21. The third kappa shape index (κ3) is 23.1. The van der Waals surface area contributed by atoms with Crippen LogP contribution in [0.4, 0.5) is 0 Å². The number of aliphatic carboxylic acids is 2. The van der Waals surface area contributed by atoms with E-state index in [0.29, 0.717) is 0 Å². The zero-order valence-corrected chi connectivity index (χ0v) is 72.8. The van der Waals surface area contributed by atoms with Crippen molar-refractivity contribution in [3.05, 3.63) is 0 Å². The summed E-state index contributed by atoms with van der Waals surface area (Å²) in [5, 5.41) is 354. The Hall–Kier alpha value is -3.18. The monoisotopic (exact) mass is 1960 g/mol. The fraction of sp³-hybridized carbons (Fsp3) is 0.974. The maximum Gasteiger partial charge on any atom is 0.364 e. The Morgan fingerprint density at radius 1 is 0.306 bits per heavy atom. The third-order valence-electron chi connectivity index (χ3n) is 26.8. The zero-order valence-electron chi connectivity index (χ0n) is 72.8. The van der Waals surface area contributed by atoms with Gasteiger partial charge in [0.2, 0.25) is 0 Å². The van der Waals surface area contributed by atoms with Gasteiger partial charge in [-0.2, -0.15) is 0 Å². The van der Waals surface area contributed by atoms with Gasteiger partial charge < -0.3 is 274 Å². The summed E-state index contributed by atoms with van der Waals surface area (Å²) in [5.74, 6) is -14.7. The number of rotatable bonds is 37. The second-order valence-electron chi connectivity index (χ2n) is 35.7. The van der Waals surface area contributed by atoms with Crippen molar-refractivity contribution in [3.8, 4) is 0 Å². The number of hydrogen-bond donors (Lipinski definition) is 34. The van der Waals surface area contributed by atoms with Crippen LogP contribution >= 0.6 is 0 Å². The van der Waals surface area contributed by atoms with E-state index in [4.69, 9.17) is 111 Å². The third-order valence-corrected chi connectivity index (χ3v) is 26.8. The van der Waals surface area contributed by atoms with Gasteiger partial charge in [-0.05, 0) is 6.92 Å². The number of hydrogen-bond acceptors (Lipinski definition) is 55. The second-order valence-corrected chi connectivity index (χ2v) is 35.7. The molecule has 0 aromatic carbocycles. The van der Waals surface area contributed by atoms with Crippen LogP contribution in [0.3, 0.4) is 0 Å². The molecule has 0 saturated carbocycles. The zero-order chi connectivity index (χ0) is 99.0. The van der Waals surface area contributed by atoms with Crippen molar-refractivity contribution in [1.29, 1.82) is 0 Å². The molecule has 11 heterocycles. The standard InChI is InChI=1S/C77H132N2O55/c1-19-23(5)117-30(12-84)57(39(19)92)126-66-20(2)40(93)60(33(15-87)120-66)129-71-56(109)63(130-73-65(53(106)46(99)29(11-83)119-73)132-68-22(4)42(95)59(32(14-86)122-68)128-70-55(108)51(104)48(101)36(125-70)18-116-77(75(112)113)7-25(89)38(79)62(134-77)44(97)27(91)9-81)49(102)34(123-71)16-114-72-64(52(105)45(98)28(10-82)118-72)131-67-21(3)41(94)58(31(13-85)121-67)127-69-54(107)50(103)47(100)35(124-69)17-115-76(74(110)111)6-24(88)37(78)61(133-76)43(96)26(90)8-80/h19-73,80-109H,6-18,78-79H2,1-5H3,(H,110,111)(H,112,113)/t19?,20?,21?,22-,23-,24+,25+,26+,27+,28?,29+,30?,31-,32?,33?,34?,35?,36?,37+,38+,39+,40+,41?,42?,43+,44+,45+,46+,47-,48-,49+,50?,51?,52?,53?,54-,55-,56?,57+,58+,59+,60+,61?,62?,63?,64+,65?,66-,67-,68-,69-,70-,71-,72-,73+,76+,77+/m0/s1. The van der Waals surface area contributed by atoms with Crippen molar-refractivity contribution < 1.29 is 272 Å². The van der Waals surface area contributed by atoms with E-state index in [0.717, 1.165) is 0 Å². The SMILES string of the molecule is CC1C(O)[C@H](O[C@@H]2OC(CO[C@]3(C(=O)O)C[C@@H](O)[C@@H](N)C([C@H](O)[C@H](O)CO)O3)[C@H](O)C(O)[C@@H]2O)[C@H](CO)O[C@H]1O[C@@H]1C(O)[C@H](O)C(CO)O[C@@H]1OCC1O[C@@H](O[C@@H]2C(CO)O[C@@H](O[C@@H]3C(CO)O[C@@H](C)C(C)[C@H]3O)C(C)[C@H]2O)C(O)C(O[C@H]2O[C@H](CO)[C@@H](O)C(O)C2O[C@@H]2OC(CO)[C@@H](O[C@@H]3OC(CO[C@]4(C(=O)O)C[C@@H](O)[C@@H](N)C([C@H](O)[C@H](O)CO)O4)[C@H](O)C(O)[C@@H]3O)C(O)[C@@H]2C)[C@@H]1O. The number of carbonyl (C=O) groups is 2. The lowest BCUT2D eigenvalue weighted by atomic mass is 9.88. The fourth-order valence-electron chi connectivity index (χ4n) is 18.0. The fourth-order valence-corrected chi connectivity index (χ4v) is 18.0. The van der Waals surface area contributed by atoms with Gasteiger partial charge in [0, 0.05) is 36.5 Å². The Morgan fingerprint density at radius 2 is 0.590 bits per heavy atom. The molecule has 134 heavy (non-hydrogen) atoms. The largest absolute Gasteiger partial charge is 0.477 e. The molecule has 0 aliphatic carbocycles. The molecule has 0 aromatic heterocycles. The molecule has 0 bridgehead atoms. The Kier molecular flexibility index (Phi) is 39.1. The van der Waals surface area contributed by atoms with Crippen LogP contribution in [0.15, 0.2) is 0 Å². The first-order chi connectivity index (χ1) is 63.2. The number of carboxylic acids is 2. The van der Waals surface area contributed by atoms with Gasteiger partial charge in [-0.1, -0.05) is 27.7 Å². The van der Waals surface area contributed by atoms with Crippen molar-refractivity contribution in [2.24, 2.45) is 35.1 Å². The topological polar surface area (TPSA) is 927 Å². The van der Waals surface area contributed by atoms with Crippen molar-refractivity contribution in [1.82, 2.24) is 0 Å². The molecule has 57 atom stereocenters. The molecule has 11 aliphatic heterocycles. The summed E-state index contributed by atoms with van der Waals surface area (Å²) in [6, 6.07) is -3.17. The predicted molar refractivity (Wildman–Crippen MR) is 417 cm³/mol. The Labute approximate surface area is 761 Å². The highest BCUT2D eigenvalue weighted by Gasteiger charge is 2.63. The van der Waals surface area contributed by atoms with Gasteiger partial charge >= 0.3 is 11.9 Å². The van der Waals surface area contributed by atoms with E-state index in [9.17, 15) is 173 Å². The van der Waals surface area contributed by atoms with E-state index in [1.54, 1.807) is 13.8 Å². The van der Waals surface area contributed by atoms with E-state index in [1.807, 2.05) is 0 Å². The molecule has 36 N–H and O–H groups in total. The highest BCUT2D eigenvalue weighted by molar-refractivity contribution is 5.76. The van der Waals surface area contributed by atoms with E-state index < -0.39 is 445 Å². The van der Waals surface area contributed by atoms with Crippen LogP contribution < -0.4 is 11.5 Å². The van der Waals surface area contributed by atoms with E-state index in [-0.39, 0.29) is 0 Å². The van der Waals surface area contributed by atoms with Gasteiger partial charge in [0.1, 0.15) is 208 Å². The smallest absolute Gasteiger partial charge is 0.364 e. The van der Waals surface area contributed by atoms with Crippen molar-refractivity contribution in [3.63, 3.8) is 0 Å². The molecule has 11 rings (SSSR count). The first-order valence-electron chi connectivity index (χ1n) is 43.7. The minimum absolute atomic E-state index is 0.584. The summed E-state index contributed by atoms with van der Waals surface area (Å²) in [4.78, 5) is 25.7. The van der Waals surface area contributed by atoms with Crippen molar-refractivity contribution in [2.45, 2.75) is 372 Å². The molecule has 0 aromatic rings. The highest BCUT2D eigenvalue weighted by atomic mass is 16.8. The van der Waals surface area contributed by atoms with Crippen LogP contribution in [0.1, 0.15) is 47.5 Å². The number of aliphatic hydroxyl groups is 30. The lowest BCUT2D eigenvalue weighted by Gasteiger charge is -2.51. The number of aliphatic hydroxyl groups excluding tert-OH is 30. The summed E-state index contributed by atoms with van der Waals surface area (Å²) in [6.45, 7) is -4.65. The van der Waals surface area contributed by atoms with Crippen LogP contribution in [0.5, 0.6) is 0 Å². The van der Waals surface area contributed by atoms with Gasteiger partial charge in [-0.25, -0.2) is 9.59 Å². The summed E-state index contributed by atoms with van der Waals surface area (Å²) in [6.07, 6.45) is -98.7. The molecule has 57 nitrogen and oxygen atoms in total. The van der Waals surface area contributed by atoms with Crippen LogP contribution in [-0.4, -0.2) is 572 Å². The Bertz CT molecular complexity index is 3610. The lowest BCUT2D eigenvalue weighted by Crippen LogP contribution is -2.68. The van der Waals surface area contributed by atoms with E-state index in [2.05, 4.69) is 0 Å². The molecular weight excluding hydrogens is 1830 g/mol. The first kappa shape index (κ1) is 111. The Balaban J connectivity index is 0.829. The maximum absolute atomic E-state index is 12.8. The van der Waals surface area contributed by atoms with E-state index >= 15 is 0 Å². The van der Waals surface area contributed by atoms with Crippen LogP contribution in [0.25, 0.3) is 0 Å². The molecule has 780 valence electrons. The second kappa shape index (κ2) is 47.1. The van der Waals surface area contributed by atoms with Crippen molar-refractivity contribution >= 4 is 11.9 Å². The first-order valence-corrected chi connectivity index (χ1v) is 43.7. The van der Waals surface area contributed by atoms with Crippen molar-refractivity contribution in [2.75, 3.05) is 72.7 Å². The molecule has 21 unspecified atom stereocenters. The minimum Gasteiger partial charge on any atom is -0.477 e. The van der Waals surface area contributed by atoms with Gasteiger partial charge in [-0.15, -0.1) is 0 Å². The van der Waals surface area contributed by atoms with Gasteiger partial charge in [0.15, 0.2) is 50.3 Å². The summed E-state index contributed by atoms with van der Waals surface area (Å²) in [5.41, 5.74) is 11.9. The average Bonchev–Trinajstić information content (AvgIpc) is 0.770. The van der Waals surface area contributed by atoms with Crippen LogP contribution in [0.2, 0.25) is 0 Å². The normalized spacial score (nSPS) is 50.9. The maximum atomic E-state index is 12.8. The molecule has 0 amide bonds. The van der Waals surface area contributed by atoms with Gasteiger partial charge in [-0.3, -0.25) is 0 Å². The summed E-state index contributed by atoms with van der Waals surface area (Å²) < 4.78 is 125. The highest BCUT2D eigenvalue weighted by Crippen LogP contribution is 2.44. The van der Waals surface area contributed by atoms with E-state index in [1.165, 1.54) is 20.8 Å².